The minimum absolute atomic E-state index is 0.141. The van der Waals surface area contributed by atoms with Gasteiger partial charge in [-0.25, -0.2) is 4.39 Å². The van der Waals surface area contributed by atoms with Crippen LogP contribution in [0.4, 0.5) is 4.39 Å². The van der Waals surface area contributed by atoms with Gasteiger partial charge in [0.15, 0.2) is 0 Å². The molecule has 0 heterocycles. The molecule has 1 N–H and O–H groups in total. The van der Waals surface area contributed by atoms with Crippen molar-refractivity contribution in [3.63, 3.8) is 0 Å². The molecule has 88 valence electrons. The lowest BCUT2D eigenvalue weighted by Gasteiger charge is -2.20. The first kappa shape index (κ1) is 12.9. The summed E-state index contributed by atoms with van der Waals surface area (Å²) in [5.41, 5.74) is 0.673. The third-order valence-electron chi connectivity index (χ3n) is 2.10. The van der Waals surface area contributed by atoms with Crippen LogP contribution < -0.4 is 0 Å². The molecule has 0 atom stereocenters. The molecule has 0 saturated carbocycles. The largest absolute Gasteiger partial charge is 0.395 e. The zero-order valence-electron chi connectivity index (χ0n) is 8.70. The number of alkyl halides is 1. The summed E-state index contributed by atoms with van der Waals surface area (Å²) in [6, 6.07) is 5.98. The maximum Gasteiger partial charge on any atom is 0.237 e. The summed E-state index contributed by atoms with van der Waals surface area (Å²) in [6.07, 6.45) is 0. The molecule has 0 aliphatic carbocycles. The number of aliphatic hydroxyl groups is 1. The van der Waals surface area contributed by atoms with E-state index in [0.29, 0.717) is 5.56 Å². The van der Waals surface area contributed by atoms with Gasteiger partial charge < -0.3 is 10.0 Å². The van der Waals surface area contributed by atoms with Crippen LogP contribution in [0.15, 0.2) is 24.3 Å². The SMILES string of the molecule is O=C(CCl)N(CCO)Cc1cccc(F)c1. The molecule has 0 aliphatic rings. The quantitative estimate of drug-likeness (QED) is 0.797. The Kier molecular flexibility index (Phi) is 5.22. The molecule has 1 amide bonds. The predicted octanol–water partition coefficient (Wildman–Crippen LogP) is 1.39. The second-order valence-corrected chi connectivity index (χ2v) is 3.57. The van der Waals surface area contributed by atoms with Gasteiger partial charge in [-0.1, -0.05) is 12.1 Å². The molecule has 16 heavy (non-hydrogen) atoms. The zero-order valence-corrected chi connectivity index (χ0v) is 9.45. The molecule has 0 radical (unpaired) electrons. The molecule has 1 rings (SSSR count). The van der Waals surface area contributed by atoms with Crippen LogP contribution in [-0.4, -0.2) is 34.9 Å². The van der Waals surface area contributed by atoms with Crippen molar-refractivity contribution >= 4 is 17.5 Å². The zero-order chi connectivity index (χ0) is 12.0. The van der Waals surface area contributed by atoms with E-state index >= 15 is 0 Å². The molecule has 0 aromatic heterocycles. The molecule has 3 nitrogen and oxygen atoms in total. The number of hydrogen-bond donors (Lipinski definition) is 1. The molecule has 0 spiro atoms. The minimum atomic E-state index is -0.347. The maximum absolute atomic E-state index is 12.9. The molecular formula is C11H13ClFNO2. The van der Waals surface area contributed by atoms with Gasteiger partial charge in [-0.15, -0.1) is 11.6 Å². The molecule has 5 heteroatoms. The Morgan fingerprint density at radius 1 is 1.50 bits per heavy atom. The van der Waals surface area contributed by atoms with Crippen molar-refractivity contribution in [1.29, 1.82) is 0 Å². The summed E-state index contributed by atoms with van der Waals surface area (Å²) in [5, 5.41) is 8.80. The molecule has 1 aromatic carbocycles. The summed E-state index contributed by atoms with van der Waals surface area (Å²) < 4.78 is 12.9. The van der Waals surface area contributed by atoms with Crippen LogP contribution in [0.25, 0.3) is 0 Å². The highest BCUT2D eigenvalue weighted by atomic mass is 35.5. The van der Waals surface area contributed by atoms with E-state index in [2.05, 4.69) is 0 Å². The van der Waals surface area contributed by atoms with Crippen LogP contribution in [0.5, 0.6) is 0 Å². The average Bonchev–Trinajstić information content (AvgIpc) is 2.27. The number of nitrogens with zero attached hydrogens (tertiary/aromatic N) is 1. The van der Waals surface area contributed by atoms with Gasteiger partial charge in [0, 0.05) is 13.1 Å². The smallest absolute Gasteiger partial charge is 0.237 e. The van der Waals surface area contributed by atoms with Crippen LogP contribution >= 0.6 is 11.6 Å². The number of carbonyl (C=O) groups excluding carboxylic acids is 1. The number of amides is 1. The second kappa shape index (κ2) is 6.45. The highest BCUT2D eigenvalue weighted by Gasteiger charge is 2.12. The van der Waals surface area contributed by atoms with Gasteiger partial charge in [0.1, 0.15) is 11.7 Å². The van der Waals surface area contributed by atoms with Crippen LogP contribution in [0.3, 0.4) is 0 Å². The highest BCUT2D eigenvalue weighted by Crippen LogP contribution is 2.07. The standard InChI is InChI=1S/C11H13ClFNO2/c12-7-11(16)14(4-5-15)8-9-2-1-3-10(13)6-9/h1-3,6,15H,4-5,7-8H2. The third kappa shape index (κ3) is 3.79. The topological polar surface area (TPSA) is 40.5 Å². The lowest BCUT2D eigenvalue weighted by molar-refractivity contribution is -0.129. The number of aliphatic hydroxyl groups excluding tert-OH is 1. The monoisotopic (exact) mass is 245 g/mol. The van der Waals surface area contributed by atoms with Crippen LogP contribution in [0.2, 0.25) is 0 Å². The first-order valence-electron chi connectivity index (χ1n) is 4.86. The van der Waals surface area contributed by atoms with E-state index < -0.39 is 0 Å². The van der Waals surface area contributed by atoms with Crippen molar-refractivity contribution in [3.8, 4) is 0 Å². The normalized spacial score (nSPS) is 10.2. The summed E-state index contributed by atoms with van der Waals surface area (Å²) in [6.45, 7) is 0.309. The summed E-state index contributed by atoms with van der Waals surface area (Å²) in [7, 11) is 0. The van der Waals surface area contributed by atoms with Crippen molar-refractivity contribution in [2.24, 2.45) is 0 Å². The van der Waals surface area contributed by atoms with E-state index in [1.165, 1.54) is 17.0 Å². The Labute approximate surface area is 98.4 Å². The Morgan fingerprint density at radius 3 is 2.81 bits per heavy atom. The molecule has 0 aliphatic heterocycles. The average molecular weight is 246 g/mol. The van der Waals surface area contributed by atoms with Gasteiger partial charge in [-0.3, -0.25) is 4.79 Å². The Hall–Kier alpha value is -1.13. The van der Waals surface area contributed by atoms with Crippen molar-refractivity contribution in [3.05, 3.63) is 35.6 Å². The number of hydrogen-bond acceptors (Lipinski definition) is 2. The summed E-state index contributed by atoms with van der Waals surface area (Å²) in [5.74, 6) is -0.769. The van der Waals surface area contributed by atoms with Crippen molar-refractivity contribution in [2.45, 2.75) is 6.54 Å². The highest BCUT2D eigenvalue weighted by molar-refractivity contribution is 6.27. The molecule has 0 unspecified atom stereocenters. The fourth-order valence-electron chi connectivity index (χ4n) is 1.35. The lowest BCUT2D eigenvalue weighted by atomic mass is 10.2. The first-order chi connectivity index (χ1) is 7.67. The summed E-state index contributed by atoms with van der Waals surface area (Å²) in [4.78, 5) is 12.8. The Bertz CT molecular complexity index is 360. The third-order valence-corrected chi connectivity index (χ3v) is 2.33. The van der Waals surface area contributed by atoms with Gasteiger partial charge in [0.2, 0.25) is 5.91 Å². The maximum atomic E-state index is 12.9. The fraction of sp³-hybridized carbons (Fsp3) is 0.364. The molecular weight excluding hydrogens is 233 g/mol. The van der Waals surface area contributed by atoms with E-state index in [1.54, 1.807) is 12.1 Å². The van der Waals surface area contributed by atoms with E-state index in [4.69, 9.17) is 16.7 Å². The number of carbonyl (C=O) groups is 1. The number of halogens is 2. The van der Waals surface area contributed by atoms with E-state index in [0.717, 1.165) is 0 Å². The second-order valence-electron chi connectivity index (χ2n) is 3.30. The lowest BCUT2D eigenvalue weighted by Crippen LogP contribution is -2.33. The van der Waals surface area contributed by atoms with Gasteiger partial charge in [-0.2, -0.15) is 0 Å². The Balaban J connectivity index is 2.71. The summed E-state index contributed by atoms with van der Waals surface area (Å²) >= 11 is 5.43. The molecule has 0 saturated heterocycles. The van der Waals surface area contributed by atoms with Crippen molar-refractivity contribution in [2.75, 3.05) is 19.0 Å². The van der Waals surface area contributed by atoms with Crippen LogP contribution in [0, 0.1) is 5.82 Å². The van der Waals surface area contributed by atoms with E-state index in [9.17, 15) is 9.18 Å². The van der Waals surface area contributed by atoms with Crippen LogP contribution in [-0.2, 0) is 11.3 Å². The van der Waals surface area contributed by atoms with Gasteiger partial charge in [0.25, 0.3) is 0 Å². The number of rotatable bonds is 5. The van der Waals surface area contributed by atoms with Crippen LogP contribution in [0.1, 0.15) is 5.56 Å². The molecule has 0 bridgehead atoms. The fourth-order valence-corrected chi connectivity index (χ4v) is 1.52. The van der Waals surface area contributed by atoms with Gasteiger partial charge in [-0.05, 0) is 17.7 Å². The van der Waals surface area contributed by atoms with Gasteiger partial charge in [0.05, 0.1) is 6.61 Å². The predicted molar refractivity (Wildman–Crippen MR) is 59.6 cm³/mol. The molecule has 1 aromatic rings. The number of benzene rings is 1. The van der Waals surface area contributed by atoms with Crippen molar-refractivity contribution in [1.82, 2.24) is 4.90 Å². The molecule has 0 fully saturated rings. The van der Waals surface area contributed by atoms with Gasteiger partial charge >= 0.3 is 0 Å². The minimum Gasteiger partial charge on any atom is -0.395 e. The first-order valence-corrected chi connectivity index (χ1v) is 5.40. The Morgan fingerprint density at radius 2 is 2.25 bits per heavy atom. The van der Waals surface area contributed by atoms with Crippen molar-refractivity contribution < 1.29 is 14.3 Å². The van der Waals surface area contributed by atoms with E-state index in [1.807, 2.05) is 0 Å². The van der Waals surface area contributed by atoms with E-state index in [-0.39, 0.29) is 37.3 Å².